The molecule has 2 atom stereocenters. The molecule has 118 valence electrons. The molecule has 3 N–H and O–H groups in total. The van der Waals surface area contributed by atoms with Gasteiger partial charge in [-0.2, -0.15) is 0 Å². The topological polar surface area (TPSA) is 47.5 Å². The molecule has 0 spiro atoms. The van der Waals surface area contributed by atoms with Crippen LogP contribution in [-0.2, 0) is 0 Å². The van der Waals surface area contributed by atoms with E-state index in [2.05, 4.69) is 15.5 Å². The zero-order valence-electron chi connectivity index (χ0n) is 12.9. The molecule has 1 aromatic rings. The lowest BCUT2D eigenvalue weighted by Gasteiger charge is -2.35. The Morgan fingerprint density at radius 2 is 1.57 bits per heavy atom. The summed E-state index contributed by atoms with van der Waals surface area (Å²) in [7, 11) is 0. The molecule has 3 rings (SSSR count). The number of nitrogens with zero attached hydrogens (tertiary/aromatic N) is 1. The molecular formula is C17H29N3O. The van der Waals surface area contributed by atoms with E-state index < -0.39 is 0 Å². The van der Waals surface area contributed by atoms with Crippen LogP contribution in [0.2, 0.25) is 0 Å². The zero-order valence-corrected chi connectivity index (χ0v) is 12.9. The van der Waals surface area contributed by atoms with Crippen molar-refractivity contribution in [2.75, 3.05) is 45.9 Å². The van der Waals surface area contributed by atoms with E-state index in [4.69, 9.17) is 5.11 Å². The Kier molecular flexibility index (Phi) is 7.75. The lowest BCUT2D eigenvalue weighted by atomic mass is 9.93. The minimum absolute atomic E-state index is 0.361. The van der Waals surface area contributed by atoms with E-state index in [-0.39, 0.29) is 0 Å². The summed E-state index contributed by atoms with van der Waals surface area (Å²) in [5.74, 6) is 0.527. The molecule has 21 heavy (non-hydrogen) atoms. The van der Waals surface area contributed by atoms with Crippen LogP contribution in [-0.4, -0.2) is 61.9 Å². The molecule has 0 saturated carbocycles. The molecule has 0 bridgehead atoms. The summed E-state index contributed by atoms with van der Waals surface area (Å²) in [4.78, 5) is 2.52. The Hall–Kier alpha value is -0.940. The SMILES string of the molecule is OCC1CCNC(CN2CCNCC2)C1.c1ccccc1. The quantitative estimate of drug-likeness (QED) is 0.776. The number of rotatable bonds is 3. The summed E-state index contributed by atoms with van der Waals surface area (Å²) in [5, 5.41) is 16.1. The van der Waals surface area contributed by atoms with E-state index in [0.717, 1.165) is 39.0 Å². The lowest BCUT2D eigenvalue weighted by Crippen LogP contribution is -2.51. The fourth-order valence-corrected chi connectivity index (χ4v) is 2.99. The molecule has 2 saturated heterocycles. The average Bonchev–Trinajstić information content (AvgIpc) is 2.58. The second kappa shape index (κ2) is 9.90. The summed E-state index contributed by atoms with van der Waals surface area (Å²) >= 11 is 0. The van der Waals surface area contributed by atoms with Crippen molar-refractivity contribution in [3.63, 3.8) is 0 Å². The van der Waals surface area contributed by atoms with Crippen molar-refractivity contribution in [2.24, 2.45) is 5.92 Å². The standard InChI is InChI=1S/C11H23N3O.C6H6/c15-9-10-1-2-13-11(7-10)8-14-5-3-12-4-6-14;1-2-4-6-5-3-1/h10-13,15H,1-9H2;1-6H. The van der Waals surface area contributed by atoms with E-state index in [9.17, 15) is 0 Å². The number of piperidine rings is 1. The molecular weight excluding hydrogens is 262 g/mol. The molecule has 0 aromatic heterocycles. The molecule has 2 aliphatic rings. The van der Waals surface area contributed by atoms with Crippen LogP contribution in [0.3, 0.4) is 0 Å². The van der Waals surface area contributed by atoms with Crippen molar-refractivity contribution < 1.29 is 5.11 Å². The summed E-state index contributed by atoms with van der Waals surface area (Å²) in [6.45, 7) is 7.16. The smallest absolute Gasteiger partial charge is 0.0460 e. The van der Waals surface area contributed by atoms with Crippen molar-refractivity contribution in [3.05, 3.63) is 36.4 Å². The number of piperazine rings is 1. The maximum atomic E-state index is 9.16. The Morgan fingerprint density at radius 1 is 0.952 bits per heavy atom. The van der Waals surface area contributed by atoms with Crippen LogP contribution in [0.15, 0.2) is 36.4 Å². The van der Waals surface area contributed by atoms with Crippen molar-refractivity contribution in [2.45, 2.75) is 18.9 Å². The van der Waals surface area contributed by atoms with Gasteiger partial charge in [-0.25, -0.2) is 0 Å². The number of hydrogen-bond acceptors (Lipinski definition) is 4. The predicted molar refractivity (Wildman–Crippen MR) is 87.4 cm³/mol. The molecule has 4 nitrogen and oxygen atoms in total. The van der Waals surface area contributed by atoms with Crippen molar-refractivity contribution in [1.82, 2.24) is 15.5 Å². The normalized spacial score (nSPS) is 26.7. The van der Waals surface area contributed by atoms with Gasteiger partial charge in [0, 0.05) is 45.4 Å². The highest BCUT2D eigenvalue weighted by Gasteiger charge is 2.23. The summed E-state index contributed by atoms with van der Waals surface area (Å²) in [5.41, 5.74) is 0. The van der Waals surface area contributed by atoms with Crippen molar-refractivity contribution >= 4 is 0 Å². The Morgan fingerprint density at radius 3 is 2.14 bits per heavy atom. The fourth-order valence-electron chi connectivity index (χ4n) is 2.99. The molecule has 4 heteroatoms. The molecule has 2 aliphatic heterocycles. The van der Waals surface area contributed by atoms with Gasteiger partial charge < -0.3 is 15.7 Å². The first-order chi connectivity index (χ1) is 10.4. The van der Waals surface area contributed by atoms with Gasteiger partial charge in [-0.05, 0) is 25.3 Å². The molecule has 0 amide bonds. The number of aliphatic hydroxyl groups excluding tert-OH is 1. The number of hydrogen-bond donors (Lipinski definition) is 3. The van der Waals surface area contributed by atoms with Crippen LogP contribution >= 0.6 is 0 Å². The summed E-state index contributed by atoms with van der Waals surface area (Å²) < 4.78 is 0. The highest BCUT2D eigenvalue weighted by Crippen LogP contribution is 2.16. The van der Waals surface area contributed by atoms with Crippen molar-refractivity contribution in [1.29, 1.82) is 0 Å². The van der Waals surface area contributed by atoms with Gasteiger partial charge in [0.25, 0.3) is 0 Å². The van der Waals surface area contributed by atoms with Crippen LogP contribution < -0.4 is 10.6 Å². The molecule has 2 unspecified atom stereocenters. The molecule has 1 aromatic carbocycles. The highest BCUT2D eigenvalue weighted by molar-refractivity contribution is 4.99. The maximum absolute atomic E-state index is 9.16. The van der Waals surface area contributed by atoms with Crippen LogP contribution in [0.4, 0.5) is 0 Å². The van der Waals surface area contributed by atoms with Crippen molar-refractivity contribution in [3.8, 4) is 0 Å². The second-order valence-electron chi connectivity index (χ2n) is 5.93. The highest BCUT2D eigenvalue weighted by atomic mass is 16.3. The van der Waals surface area contributed by atoms with E-state index in [1.165, 1.54) is 13.1 Å². The first-order valence-electron chi connectivity index (χ1n) is 8.16. The third-order valence-corrected chi connectivity index (χ3v) is 4.22. The van der Waals surface area contributed by atoms with Gasteiger partial charge in [-0.1, -0.05) is 36.4 Å². The monoisotopic (exact) mass is 291 g/mol. The minimum atomic E-state index is 0.361. The number of aliphatic hydroxyl groups is 1. The van der Waals surface area contributed by atoms with E-state index in [1.807, 2.05) is 36.4 Å². The van der Waals surface area contributed by atoms with E-state index in [1.54, 1.807) is 0 Å². The number of benzene rings is 1. The minimum Gasteiger partial charge on any atom is -0.396 e. The summed E-state index contributed by atoms with van der Waals surface area (Å²) in [6, 6.07) is 12.6. The van der Waals surface area contributed by atoms with Gasteiger partial charge in [-0.3, -0.25) is 4.90 Å². The van der Waals surface area contributed by atoms with E-state index >= 15 is 0 Å². The predicted octanol–water partition coefficient (Wildman–Crippen LogP) is 0.939. The molecule has 0 aliphatic carbocycles. The Bertz CT molecular complexity index is 328. The van der Waals surface area contributed by atoms with Gasteiger partial charge in [0.1, 0.15) is 0 Å². The number of nitrogens with one attached hydrogen (secondary N) is 2. The van der Waals surface area contributed by atoms with Gasteiger partial charge in [0.2, 0.25) is 0 Å². The van der Waals surface area contributed by atoms with Gasteiger partial charge in [0.15, 0.2) is 0 Å². The Balaban J connectivity index is 0.000000225. The fraction of sp³-hybridized carbons (Fsp3) is 0.647. The van der Waals surface area contributed by atoms with Crippen LogP contribution in [0.1, 0.15) is 12.8 Å². The third kappa shape index (κ3) is 6.57. The molecule has 2 heterocycles. The van der Waals surface area contributed by atoms with Crippen LogP contribution in [0.25, 0.3) is 0 Å². The third-order valence-electron chi connectivity index (χ3n) is 4.22. The maximum Gasteiger partial charge on any atom is 0.0460 e. The average molecular weight is 291 g/mol. The van der Waals surface area contributed by atoms with Crippen LogP contribution in [0, 0.1) is 5.92 Å². The Labute approximate surface area is 128 Å². The largest absolute Gasteiger partial charge is 0.396 e. The molecule has 2 fully saturated rings. The summed E-state index contributed by atoms with van der Waals surface area (Å²) in [6.07, 6.45) is 2.27. The van der Waals surface area contributed by atoms with Gasteiger partial charge >= 0.3 is 0 Å². The lowest BCUT2D eigenvalue weighted by molar-refractivity contribution is 0.146. The first kappa shape index (κ1) is 16.4. The van der Waals surface area contributed by atoms with Crippen LogP contribution in [0.5, 0.6) is 0 Å². The second-order valence-corrected chi connectivity index (χ2v) is 5.93. The van der Waals surface area contributed by atoms with Gasteiger partial charge in [0.05, 0.1) is 0 Å². The molecule has 0 radical (unpaired) electrons. The zero-order chi connectivity index (χ0) is 14.8. The van der Waals surface area contributed by atoms with Gasteiger partial charge in [-0.15, -0.1) is 0 Å². The van der Waals surface area contributed by atoms with E-state index in [0.29, 0.717) is 18.6 Å². The first-order valence-corrected chi connectivity index (χ1v) is 8.16.